The molecule has 2 nitrogen and oxygen atoms in total. The predicted molar refractivity (Wildman–Crippen MR) is 64.0 cm³/mol. The van der Waals surface area contributed by atoms with Gasteiger partial charge in [0.15, 0.2) is 0 Å². The van der Waals surface area contributed by atoms with Crippen LogP contribution in [0.1, 0.15) is 32.4 Å². The summed E-state index contributed by atoms with van der Waals surface area (Å²) in [5.74, 6) is 0. The Balaban J connectivity index is 2.86. The smallest absolute Gasteiger partial charge is 0.211 e. The van der Waals surface area contributed by atoms with Crippen molar-refractivity contribution < 1.29 is 4.79 Å². The summed E-state index contributed by atoms with van der Waals surface area (Å²) in [4.78, 5) is 15.1. The second kappa shape index (κ2) is 5.74. The van der Waals surface area contributed by atoms with E-state index in [0.717, 1.165) is 5.56 Å². The zero-order valence-corrected chi connectivity index (χ0v) is 10.0. The molecule has 0 radical (unpaired) electrons. The number of aliphatic imine (C=N–C) groups is 1. The number of carbonyl (C=O) groups excluding carboxylic acids is 1. The first kappa shape index (κ1) is 12.0. The van der Waals surface area contributed by atoms with Crippen molar-refractivity contribution in [1.82, 2.24) is 0 Å². The minimum atomic E-state index is -0.102. The first-order valence-electron chi connectivity index (χ1n) is 4.97. The van der Waals surface area contributed by atoms with Gasteiger partial charge in [-0.3, -0.25) is 0 Å². The van der Waals surface area contributed by atoms with Gasteiger partial charge >= 0.3 is 0 Å². The van der Waals surface area contributed by atoms with Gasteiger partial charge in [0.25, 0.3) is 0 Å². The van der Waals surface area contributed by atoms with E-state index in [4.69, 9.17) is 0 Å². The highest BCUT2D eigenvalue weighted by molar-refractivity contribution is 7.99. The minimum absolute atomic E-state index is 0.102. The van der Waals surface area contributed by atoms with E-state index in [2.05, 4.69) is 31.0 Å². The summed E-state index contributed by atoms with van der Waals surface area (Å²) in [5.41, 5.74) is 1.06. The molecule has 1 atom stereocenters. The lowest BCUT2D eigenvalue weighted by atomic mass is 10.1. The quantitative estimate of drug-likeness (QED) is 0.442. The number of benzene rings is 1. The third-order valence-electron chi connectivity index (χ3n) is 1.96. The molecule has 15 heavy (non-hydrogen) atoms. The van der Waals surface area contributed by atoms with Crippen LogP contribution in [0.3, 0.4) is 0 Å². The van der Waals surface area contributed by atoms with Crippen molar-refractivity contribution in [2.24, 2.45) is 4.99 Å². The highest BCUT2D eigenvalue weighted by Gasteiger charge is 2.05. The van der Waals surface area contributed by atoms with E-state index in [-0.39, 0.29) is 6.04 Å². The number of thioether (sulfide) groups is 1. The Morgan fingerprint density at radius 2 is 2.07 bits per heavy atom. The summed E-state index contributed by atoms with van der Waals surface area (Å²) < 4.78 is 0. The average molecular weight is 221 g/mol. The van der Waals surface area contributed by atoms with Crippen LogP contribution in [0.25, 0.3) is 0 Å². The normalized spacial score (nSPS) is 12.3. The van der Waals surface area contributed by atoms with Crippen molar-refractivity contribution in [3.63, 3.8) is 0 Å². The standard InChI is InChI=1S/C12H15NOS/c1-9(2)15-12-6-4-5-11(7-12)10(3)13-8-14/h4-7,9-10H,1-3H3. The van der Waals surface area contributed by atoms with Gasteiger partial charge in [0, 0.05) is 10.1 Å². The van der Waals surface area contributed by atoms with E-state index in [1.165, 1.54) is 4.90 Å². The SMILES string of the molecule is CC(C)Sc1cccc(C(C)N=C=O)c1. The van der Waals surface area contributed by atoms with Crippen LogP contribution < -0.4 is 0 Å². The topological polar surface area (TPSA) is 29.4 Å². The molecule has 1 aromatic carbocycles. The van der Waals surface area contributed by atoms with E-state index < -0.39 is 0 Å². The molecular weight excluding hydrogens is 206 g/mol. The molecule has 0 heterocycles. The van der Waals surface area contributed by atoms with Crippen LogP contribution >= 0.6 is 11.8 Å². The van der Waals surface area contributed by atoms with Crippen molar-refractivity contribution in [3.05, 3.63) is 29.8 Å². The number of nitrogens with zero attached hydrogens (tertiary/aromatic N) is 1. The molecule has 0 aliphatic carbocycles. The van der Waals surface area contributed by atoms with E-state index in [9.17, 15) is 4.79 Å². The van der Waals surface area contributed by atoms with Crippen LogP contribution in [0.4, 0.5) is 0 Å². The molecule has 0 fully saturated rings. The Labute approximate surface area is 94.8 Å². The molecule has 0 saturated carbocycles. The van der Waals surface area contributed by atoms with Crippen molar-refractivity contribution in [2.45, 2.75) is 37.0 Å². The molecular formula is C12H15NOS. The molecule has 0 aliphatic heterocycles. The molecule has 0 aliphatic rings. The van der Waals surface area contributed by atoms with Crippen LogP contribution in [0.15, 0.2) is 34.2 Å². The first-order chi connectivity index (χ1) is 7.13. The van der Waals surface area contributed by atoms with Crippen molar-refractivity contribution in [1.29, 1.82) is 0 Å². The lowest BCUT2D eigenvalue weighted by molar-refractivity contribution is 0.559. The number of isocyanates is 1. The van der Waals surface area contributed by atoms with Gasteiger partial charge in [-0.05, 0) is 24.6 Å². The molecule has 1 unspecified atom stereocenters. The highest BCUT2D eigenvalue weighted by atomic mass is 32.2. The number of hydrogen-bond acceptors (Lipinski definition) is 3. The van der Waals surface area contributed by atoms with Gasteiger partial charge in [-0.15, -0.1) is 11.8 Å². The zero-order chi connectivity index (χ0) is 11.3. The molecule has 3 heteroatoms. The fraction of sp³-hybridized carbons (Fsp3) is 0.417. The van der Waals surface area contributed by atoms with Gasteiger partial charge in [-0.25, -0.2) is 4.79 Å². The summed E-state index contributed by atoms with van der Waals surface area (Å²) in [6.45, 7) is 6.21. The number of hydrogen-bond donors (Lipinski definition) is 0. The lowest BCUT2D eigenvalue weighted by Gasteiger charge is -2.08. The van der Waals surface area contributed by atoms with Gasteiger partial charge in [0.05, 0.1) is 6.04 Å². The van der Waals surface area contributed by atoms with Crippen molar-refractivity contribution >= 4 is 17.8 Å². The zero-order valence-electron chi connectivity index (χ0n) is 9.23. The third-order valence-corrected chi connectivity index (χ3v) is 2.96. The number of rotatable bonds is 4. The Morgan fingerprint density at radius 3 is 2.67 bits per heavy atom. The van der Waals surface area contributed by atoms with Gasteiger partial charge in [-0.2, -0.15) is 4.99 Å². The summed E-state index contributed by atoms with van der Waals surface area (Å²) in [5, 5.41) is 0.560. The average Bonchev–Trinajstić information content (AvgIpc) is 2.17. The van der Waals surface area contributed by atoms with Gasteiger partial charge in [0.1, 0.15) is 0 Å². The molecule has 0 bridgehead atoms. The Morgan fingerprint density at radius 1 is 1.33 bits per heavy atom. The molecule has 0 aromatic heterocycles. The molecule has 1 aromatic rings. The van der Waals surface area contributed by atoms with E-state index >= 15 is 0 Å². The van der Waals surface area contributed by atoms with Gasteiger partial charge in [0.2, 0.25) is 6.08 Å². The summed E-state index contributed by atoms with van der Waals surface area (Å²) >= 11 is 1.81. The Kier molecular flexibility index (Phi) is 4.60. The maximum Gasteiger partial charge on any atom is 0.235 e. The maximum atomic E-state index is 10.2. The van der Waals surface area contributed by atoms with Crippen LogP contribution in [-0.4, -0.2) is 11.3 Å². The van der Waals surface area contributed by atoms with Gasteiger partial charge < -0.3 is 0 Å². The molecule has 80 valence electrons. The predicted octanol–water partition coefficient (Wildman–Crippen LogP) is 3.58. The summed E-state index contributed by atoms with van der Waals surface area (Å²) in [6, 6.07) is 8.03. The minimum Gasteiger partial charge on any atom is -0.211 e. The van der Waals surface area contributed by atoms with Crippen LogP contribution in [0.5, 0.6) is 0 Å². The van der Waals surface area contributed by atoms with Crippen molar-refractivity contribution in [2.75, 3.05) is 0 Å². The lowest BCUT2D eigenvalue weighted by Crippen LogP contribution is -1.91. The molecule has 0 amide bonds. The van der Waals surface area contributed by atoms with Crippen LogP contribution in [0.2, 0.25) is 0 Å². The monoisotopic (exact) mass is 221 g/mol. The maximum absolute atomic E-state index is 10.2. The molecule has 0 saturated heterocycles. The summed E-state index contributed by atoms with van der Waals surface area (Å²) in [6.07, 6.45) is 1.59. The van der Waals surface area contributed by atoms with Crippen LogP contribution in [-0.2, 0) is 4.79 Å². The molecule has 1 rings (SSSR count). The second-order valence-electron chi connectivity index (χ2n) is 3.64. The highest BCUT2D eigenvalue weighted by Crippen LogP contribution is 2.26. The largest absolute Gasteiger partial charge is 0.235 e. The van der Waals surface area contributed by atoms with E-state index in [0.29, 0.717) is 5.25 Å². The Hall–Kier alpha value is -1.05. The Bertz CT molecular complexity index is 370. The third kappa shape index (κ3) is 3.90. The molecule has 0 N–H and O–H groups in total. The molecule has 0 spiro atoms. The second-order valence-corrected chi connectivity index (χ2v) is 5.29. The van der Waals surface area contributed by atoms with E-state index in [1.807, 2.05) is 30.8 Å². The van der Waals surface area contributed by atoms with Crippen molar-refractivity contribution in [3.8, 4) is 0 Å². The summed E-state index contributed by atoms with van der Waals surface area (Å²) in [7, 11) is 0. The first-order valence-corrected chi connectivity index (χ1v) is 5.85. The van der Waals surface area contributed by atoms with E-state index in [1.54, 1.807) is 6.08 Å². The fourth-order valence-electron chi connectivity index (χ4n) is 1.27. The van der Waals surface area contributed by atoms with Crippen LogP contribution in [0, 0.1) is 0 Å². The van der Waals surface area contributed by atoms with Gasteiger partial charge in [-0.1, -0.05) is 26.0 Å². The fourth-order valence-corrected chi connectivity index (χ4v) is 2.18.